The number of aryl methyl sites for hydroxylation is 1. The lowest BCUT2D eigenvalue weighted by Crippen LogP contribution is -3.08. The first-order chi connectivity index (χ1) is 12.5. The van der Waals surface area contributed by atoms with Crippen LogP contribution in [0.5, 0.6) is 0 Å². The van der Waals surface area contributed by atoms with Crippen LogP contribution in [0.2, 0.25) is 0 Å². The van der Waals surface area contributed by atoms with E-state index in [1.165, 1.54) is 0 Å². The molecule has 0 aliphatic rings. The fourth-order valence-corrected chi connectivity index (χ4v) is 2.80. The maximum absolute atomic E-state index is 12.3. The Morgan fingerprint density at radius 2 is 1.88 bits per heavy atom. The number of nitrogens with zero attached hydrogens (tertiary/aromatic N) is 1. The molecule has 3 rings (SSSR count). The van der Waals surface area contributed by atoms with Crippen LogP contribution in [-0.4, -0.2) is 24.5 Å². The number of likely N-dealkylation sites (N-methyl/N-ethyl adjacent to an activating group) is 1. The summed E-state index contributed by atoms with van der Waals surface area (Å²) in [4.78, 5) is 17.7. The van der Waals surface area contributed by atoms with Gasteiger partial charge in [0.15, 0.2) is 18.8 Å². The number of nitrogens with one attached hydrogen (secondary N) is 2. The number of hydrogen-bond acceptors (Lipinski definition) is 3. The Labute approximate surface area is 153 Å². The minimum absolute atomic E-state index is 0.0222. The van der Waals surface area contributed by atoms with Crippen molar-refractivity contribution in [2.24, 2.45) is 0 Å². The molecule has 5 nitrogen and oxygen atoms in total. The van der Waals surface area contributed by atoms with E-state index in [0.717, 1.165) is 33.0 Å². The predicted octanol–water partition coefficient (Wildman–Crippen LogP) is 2.61. The molecule has 0 aliphatic carbocycles. The van der Waals surface area contributed by atoms with Gasteiger partial charge in [0.1, 0.15) is 0 Å². The molecule has 0 bridgehead atoms. The van der Waals surface area contributed by atoms with Crippen LogP contribution in [-0.2, 0) is 11.3 Å². The lowest BCUT2D eigenvalue weighted by atomic mass is 10.1. The Balaban J connectivity index is 1.57. The third-order valence-electron chi connectivity index (χ3n) is 4.41. The van der Waals surface area contributed by atoms with E-state index in [-0.39, 0.29) is 5.91 Å². The molecule has 26 heavy (non-hydrogen) atoms. The highest BCUT2D eigenvalue weighted by atomic mass is 16.4. The largest absolute Gasteiger partial charge is 0.435 e. The van der Waals surface area contributed by atoms with E-state index in [4.69, 9.17) is 4.42 Å². The van der Waals surface area contributed by atoms with Gasteiger partial charge in [0.2, 0.25) is 0 Å². The molecule has 0 fully saturated rings. The summed E-state index contributed by atoms with van der Waals surface area (Å²) >= 11 is 0. The van der Waals surface area contributed by atoms with Gasteiger partial charge in [-0.05, 0) is 31.0 Å². The molecule has 0 radical (unpaired) electrons. The minimum Gasteiger partial charge on any atom is -0.435 e. The second-order valence-corrected chi connectivity index (χ2v) is 6.59. The van der Waals surface area contributed by atoms with E-state index >= 15 is 0 Å². The quantitative estimate of drug-likeness (QED) is 0.718. The van der Waals surface area contributed by atoms with Crippen LogP contribution in [0, 0.1) is 13.8 Å². The van der Waals surface area contributed by atoms with E-state index in [1.807, 2.05) is 69.4 Å². The average molecular weight is 350 g/mol. The first-order valence-electron chi connectivity index (χ1n) is 8.70. The molecule has 2 aromatic carbocycles. The van der Waals surface area contributed by atoms with Crippen molar-refractivity contribution in [2.45, 2.75) is 20.4 Å². The van der Waals surface area contributed by atoms with Gasteiger partial charge >= 0.3 is 0 Å². The van der Waals surface area contributed by atoms with E-state index in [9.17, 15) is 4.79 Å². The summed E-state index contributed by atoms with van der Waals surface area (Å²) in [7, 11) is 1.95. The molecule has 1 heterocycles. The molecule has 3 aromatic rings. The zero-order valence-corrected chi connectivity index (χ0v) is 15.4. The monoisotopic (exact) mass is 350 g/mol. The van der Waals surface area contributed by atoms with Crippen molar-refractivity contribution in [3.8, 4) is 11.3 Å². The van der Waals surface area contributed by atoms with Crippen LogP contribution in [0.15, 0.2) is 59.1 Å². The van der Waals surface area contributed by atoms with E-state index in [1.54, 1.807) is 6.20 Å². The van der Waals surface area contributed by atoms with Gasteiger partial charge < -0.3 is 14.6 Å². The molecule has 1 unspecified atom stereocenters. The summed E-state index contributed by atoms with van der Waals surface area (Å²) in [5.74, 6) is 1.35. The van der Waals surface area contributed by atoms with Gasteiger partial charge in [-0.3, -0.25) is 4.79 Å². The third-order valence-corrected chi connectivity index (χ3v) is 4.41. The van der Waals surface area contributed by atoms with Gasteiger partial charge in [-0.1, -0.05) is 42.5 Å². The minimum atomic E-state index is -0.0222. The smallest absolute Gasteiger partial charge is 0.279 e. The van der Waals surface area contributed by atoms with E-state index in [2.05, 4.69) is 10.3 Å². The Kier molecular flexibility index (Phi) is 5.49. The van der Waals surface area contributed by atoms with Crippen molar-refractivity contribution in [3.05, 3.63) is 71.7 Å². The molecule has 5 heteroatoms. The summed E-state index contributed by atoms with van der Waals surface area (Å²) in [5, 5.41) is 2.99. The summed E-state index contributed by atoms with van der Waals surface area (Å²) in [5.41, 5.74) is 4.12. The molecular weight excluding hydrogens is 326 g/mol. The zero-order valence-electron chi connectivity index (χ0n) is 15.4. The van der Waals surface area contributed by atoms with Crippen molar-refractivity contribution >= 4 is 11.6 Å². The van der Waals surface area contributed by atoms with Crippen LogP contribution < -0.4 is 10.2 Å². The van der Waals surface area contributed by atoms with Crippen molar-refractivity contribution in [2.75, 3.05) is 18.9 Å². The normalized spacial score (nSPS) is 12.0. The number of quaternary nitrogens is 1. The molecule has 1 aromatic heterocycles. The third kappa shape index (κ3) is 4.37. The number of benzene rings is 2. The van der Waals surface area contributed by atoms with Gasteiger partial charge in [0.05, 0.1) is 13.2 Å². The number of rotatable bonds is 6. The van der Waals surface area contributed by atoms with Gasteiger partial charge in [-0.15, -0.1) is 0 Å². The number of oxazole rings is 1. The summed E-state index contributed by atoms with van der Waals surface area (Å²) < 4.78 is 5.81. The van der Waals surface area contributed by atoms with E-state index in [0.29, 0.717) is 19.0 Å². The molecular formula is C21H24N3O2+. The lowest BCUT2D eigenvalue weighted by molar-refractivity contribution is -0.886. The predicted molar refractivity (Wildman–Crippen MR) is 102 cm³/mol. The Hall–Kier alpha value is -2.92. The second kappa shape index (κ2) is 7.97. The van der Waals surface area contributed by atoms with Crippen LogP contribution in [0.4, 0.5) is 5.69 Å². The topological polar surface area (TPSA) is 59.6 Å². The standard InChI is InChI=1S/C21H23N3O2/c1-15-8-7-11-18(16(15)2)23-20(25)13-24(3)14-21-22-12-19(26-21)17-9-5-4-6-10-17/h4-12H,13-14H2,1-3H3,(H,23,25)/p+1. The SMILES string of the molecule is Cc1cccc(NC(=O)C[NH+](C)Cc2ncc(-c3ccccc3)o2)c1C. The first kappa shape index (κ1) is 17.9. The number of anilines is 1. The Morgan fingerprint density at radius 3 is 2.65 bits per heavy atom. The van der Waals surface area contributed by atoms with Crippen molar-refractivity contribution in [1.29, 1.82) is 0 Å². The van der Waals surface area contributed by atoms with Crippen molar-refractivity contribution in [3.63, 3.8) is 0 Å². The lowest BCUT2D eigenvalue weighted by Gasteiger charge is -2.14. The van der Waals surface area contributed by atoms with Crippen LogP contribution in [0.25, 0.3) is 11.3 Å². The molecule has 0 saturated carbocycles. The summed E-state index contributed by atoms with van der Waals surface area (Å²) in [6, 6.07) is 15.8. The molecule has 0 saturated heterocycles. The molecule has 1 amide bonds. The summed E-state index contributed by atoms with van der Waals surface area (Å²) in [6.07, 6.45) is 1.73. The number of carbonyl (C=O) groups is 1. The maximum Gasteiger partial charge on any atom is 0.279 e. The van der Waals surface area contributed by atoms with Crippen LogP contribution in [0.1, 0.15) is 17.0 Å². The molecule has 2 N–H and O–H groups in total. The highest BCUT2D eigenvalue weighted by Crippen LogP contribution is 2.19. The van der Waals surface area contributed by atoms with Crippen molar-refractivity contribution in [1.82, 2.24) is 4.98 Å². The van der Waals surface area contributed by atoms with Crippen LogP contribution in [0.3, 0.4) is 0 Å². The zero-order chi connectivity index (χ0) is 18.5. The second-order valence-electron chi connectivity index (χ2n) is 6.59. The van der Waals surface area contributed by atoms with Gasteiger partial charge in [-0.25, -0.2) is 4.98 Å². The first-order valence-corrected chi connectivity index (χ1v) is 8.70. The fraction of sp³-hybridized carbons (Fsp3) is 0.238. The van der Waals surface area contributed by atoms with E-state index < -0.39 is 0 Å². The molecule has 0 spiro atoms. The highest BCUT2D eigenvalue weighted by molar-refractivity contribution is 5.92. The number of hydrogen-bond donors (Lipinski definition) is 2. The van der Waals surface area contributed by atoms with Crippen LogP contribution >= 0.6 is 0 Å². The van der Waals surface area contributed by atoms with Gasteiger partial charge in [0.25, 0.3) is 11.8 Å². The molecule has 0 aliphatic heterocycles. The van der Waals surface area contributed by atoms with Gasteiger partial charge in [0, 0.05) is 11.3 Å². The number of aromatic nitrogens is 1. The Morgan fingerprint density at radius 1 is 1.12 bits per heavy atom. The number of amides is 1. The summed E-state index contributed by atoms with van der Waals surface area (Å²) in [6.45, 7) is 4.94. The highest BCUT2D eigenvalue weighted by Gasteiger charge is 2.15. The van der Waals surface area contributed by atoms with Crippen molar-refractivity contribution < 1.29 is 14.1 Å². The molecule has 134 valence electrons. The fourth-order valence-electron chi connectivity index (χ4n) is 2.80. The molecule has 1 atom stereocenters. The average Bonchev–Trinajstić information content (AvgIpc) is 3.08. The number of carbonyl (C=O) groups excluding carboxylic acids is 1. The van der Waals surface area contributed by atoms with Gasteiger partial charge in [-0.2, -0.15) is 0 Å². The maximum atomic E-state index is 12.3. The Bertz CT molecular complexity index is 887.